The van der Waals surface area contributed by atoms with E-state index >= 15 is 0 Å². The van der Waals surface area contributed by atoms with Crippen molar-refractivity contribution in [2.24, 2.45) is 5.11 Å². The Bertz CT molecular complexity index is 212. The smallest absolute Gasteiger partial charge is 0.240 e. The van der Waals surface area contributed by atoms with Crippen molar-refractivity contribution in [3.63, 3.8) is 0 Å². The van der Waals surface area contributed by atoms with Gasteiger partial charge in [0.15, 0.2) is 0 Å². The van der Waals surface area contributed by atoms with Gasteiger partial charge in [0.2, 0.25) is 5.91 Å². The SMILES string of the molecule is [N-]=[N+]=NCC(=O)NN(CCCl)CCCl. The van der Waals surface area contributed by atoms with Gasteiger partial charge in [0.1, 0.15) is 6.54 Å². The summed E-state index contributed by atoms with van der Waals surface area (Å²) < 4.78 is 0. The van der Waals surface area contributed by atoms with E-state index < -0.39 is 0 Å². The topological polar surface area (TPSA) is 81.1 Å². The van der Waals surface area contributed by atoms with Gasteiger partial charge in [-0.2, -0.15) is 0 Å². The van der Waals surface area contributed by atoms with Crippen molar-refractivity contribution in [2.75, 3.05) is 31.4 Å². The summed E-state index contributed by atoms with van der Waals surface area (Å²) in [4.78, 5) is 13.5. The molecule has 0 aromatic carbocycles. The maximum absolute atomic E-state index is 11.1. The predicted molar refractivity (Wildman–Crippen MR) is 55.2 cm³/mol. The van der Waals surface area contributed by atoms with Crippen LogP contribution in [-0.4, -0.2) is 42.3 Å². The second-order valence-corrected chi connectivity index (χ2v) is 3.04. The van der Waals surface area contributed by atoms with E-state index in [1.165, 1.54) is 0 Å². The molecule has 0 fully saturated rings. The van der Waals surface area contributed by atoms with Gasteiger partial charge in [-0.15, -0.1) is 23.2 Å². The Hall–Kier alpha value is -0.680. The lowest BCUT2D eigenvalue weighted by molar-refractivity contribution is -0.124. The van der Waals surface area contributed by atoms with Crippen molar-refractivity contribution in [1.29, 1.82) is 0 Å². The minimum Gasteiger partial charge on any atom is -0.289 e. The molecule has 0 aliphatic carbocycles. The zero-order valence-corrected chi connectivity index (χ0v) is 9.00. The molecule has 1 amide bonds. The van der Waals surface area contributed by atoms with Crippen LogP contribution in [0.5, 0.6) is 0 Å². The highest BCUT2D eigenvalue weighted by Crippen LogP contribution is 1.88. The average molecular weight is 240 g/mol. The Morgan fingerprint density at radius 1 is 1.43 bits per heavy atom. The van der Waals surface area contributed by atoms with E-state index in [1.54, 1.807) is 5.01 Å². The quantitative estimate of drug-likeness (QED) is 0.238. The van der Waals surface area contributed by atoms with E-state index in [1.807, 2.05) is 0 Å². The summed E-state index contributed by atoms with van der Waals surface area (Å²) in [6, 6.07) is 0. The minimum atomic E-state index is -0.377. The zero-order valence-electron chi connectivity index (χ0n) is 7.49. The van der Waals surface area contributed by atoms with E-state index in [-0.39, 0.29) is 12.5 Å². The molecule has 6 nitrogen and oxygen atoms in total. The van der Waals surface area contributed by atoms with Gasteiger partial charge in [-0.05, 0) is 5.53 Å². The average Bonchev–Trinajstić information content (AvgIpc) is 2.15. The second kappa shape index (κ2) is 8.90. The Balaban J connectivity index is 3.87. The van der Waals surface area contributed by atoms with E-state index in [0.717, 1.165) is 0 Å². The first-order valence-corrected chi connectivity index (χ1v) is 4.98. The Kier molecular flexibility index (Phi) is 8.47. The van der Waals surface area contributed by atoms with Gasteiger partial charge in [0.05, 0.1) is 0 Å². The summed E-state index contributed by atoms with van der Waals surface area (Å²) in [7, 11) is 0. The summed E-state index contributed by atoms with van der Waals surface area (Å²) in [5.41, 5.74) is 10.5. The van der Waals surface area contributed by atoms with Gasteiger partial charge < -0.3 is 0 Å². The van der Waals surface area contributed by atoms with Crippen LogP contribution < -0.4 is 5.43 Å². The van der Waals surface area contributed by atoms with E-state index in [2.05, 4.69) is 15.5 Å². The van der Waals surface area contributed by atoms with Crippen LogP contribution in [0.4, 0.5) is 0 Å². The number of nitrogens with one attached hydrogen (secondary N) is 1. The highest BCUT2D eigenvalue weighted by molar-refractivity contribution is 6.18. The highest BCUT2D eigenvalue weighted by Gasteiger charge is 2.06. The Morgan fingerprint density at radius 3 is 2.43 bits per heavy atom. The number of carbonyl (C=O) groups is 1. The summed E-state index contributed by atoms with van der Waals surface area (Å²) in [6.45, 7) is 0.768. The zero-order chi connectivity index (χ0) is 10.8. The number of rotatable bonds is 7. The van der Waals surface area contributed by atoms with Crippen LogP contribution in [-0.2, 0) is 4.79 Å². The number of nitrogens with zero attached hydrogens (tertiary/aromatic N) is 4. The third kappa shape index (κ3) is 6.80. The number of carbonyl (C=O) groups excluding carboxylic acids is 1. The normalized spacial score (nSPS) is 9.64. The lowest BCUT2D eigenvalue weighted by atomic mass is 10.6. The largest absolute Gasteiger partial charge is 0.289 e. The van der Waals surface area contributed by atoms with Crippen LogP contribution in [0.25, 0.3) is 10.4 Å². The molecular formula is C6H11Cl2N5O. The molecule has 8 heteroatoms. The molecule has 0 spiro atoms. The van der Waals surface area contributed by atoms with Crippen LogP contribution in [0.2, 0.25) is 0 Å². The van der Waals surface area contributed by atoms with Gasteiger partial charge in [0.25, 0.3) is 0 Å². The predicted octanol–water partition coefficient (Wildman–Crippen LogP) is 1.11. The van der Waals surface area contributed by atoms with Crippen LogP contribution in [0, 0.1) is 0 Å². The standard InChI is InChI=1S/C6H11Cl2N5O/c7-1-3-13(4-2-8)11-6(14)5-10-12-9/h1-5H2,(H,11,14). The molecule has 0 atom stereocenters. The molecule has 0 aliphatic rings. The molecular weight excluding hydrogens is 229 g/mol. The molecule has 0 rings (SSSR count). The first kappa shape index (κ1) is 13.3. The summed E-state index contributed by atoms with van der Waals surface area (Å²) >= 11 is 11.0. The minimum absolute atomic E-state index is 0.225. The third-order valence-corrected chi connectivity index (χ3v) is 1.61. The molecule has 0 unspecified atom stereocenters. The molecule has 0 saturated carbocycles. The fraction of sp³-hybridized carbons (Fsp3) is 0.833. The molecule has 0 aromatic heterocycles. The number of hydrogen-bond donors (Lipinski definition) is 1. The Labute approximate surface area is 91.7 Å². The van der Waals surface area contributed by atoms with Crippen LogP contribution in [0.3, 0.4) is 0 Å². The number of hydrogen-bond acceptors (Lipinski definition) is 3. The van der Waals surface area contributed by atoms with Crippen molar-refractivity contribution >= 4 is 29.1 Å². The van der Waals surface area contributed by atoms with Crippen molar-refractivity contribution < 1.29 is 4.79 Å². The number of amides is 1. The summed E-state index contributed by atoms with van der Waals surface area (Å²) in [6.07, 6.45) is 0. The monoisotopic (exact) mass is 239 g/mol. The molecule has 1 N–H and O–H groups in total. The van der Waals surface area contributed by atoms with Gasteiger partial charge >= 0.3 is 0 Å². The second-order valence-electron chi connectivity index (χ2n) is 2.29. The van der Waals surface area contributed by atoms with Crippen molar-refractivity contribution in [1.82, 2.24) is 10.4 Å². The van der Waals surface area contributed by atoms with Crippen LogP contribution in [0.1, 0.15) is 0 Å². The van der Waals surface area contributed by atoms with Gasteiger partial charge in [-0.25, -0.2) is 5.01 Å². The fourth-order valence-corrected chi connectivity index (χ4v) is 1.14. The first-order chi connectivity index (χ1) is 6.74. The van der Waals surface area contributed by atoms with E-state index in [0.29, 0.717) is 24.8 Å². The maximum Gasteiger partial charge on any atom is 0.240 e. The lowest BCUT2D eigenvalue weighted by Crippen LogP contribution is -2.45. The van der Waals surface area contributed by atoms with Crippen LogP contribution >= 0.6 is 23.2 Å². The van der Waals surface area contributed by atoms with Crippen LogP contribution in [0.15, 0.2) is 5.11 Å². The molecule has 0 aliphatic heterocycles. The van der Waals surface area contributed by atoms with Gasteiger partial charge in [-0.3, -0.25) is 10.2 Å². The molecule has 0 aromatic rings. The summed E-state index contributed by atoms with van der Waals surface area (Å²) in [5.74, 6) is 0.398. The van der Waals surface area contributed by atoms with E-state index in [9.17, 15) is 4.79 Å². The van der Waals surface area contributed by atoms with Gasteiger partial charge in [-0.1, -0.05) is 5.11 Å². The molecule has 0 saturated heterocycles. The molecule has 0 heterocycles. The third-order valence-electron chi connectivity index (χ3n) is 1.27. The fourth-order valence-electron chi connectivity index (χ4n) is 0.735. The lowest BCUT2D eigenvalue weighted by Gasteiger charge is -2.20. The molecule has 80 valence electrons. The number of hydrazine groups is 1. The van der Waals surface area contributed by atoms with Crippen molar-refractivity contribution in [3.05, 3.63) is 10.4 Å². The number of azide groups is 1. The molecule has 0 bridgehead atoms. The van der Waals surface area contributed by atoms with Crippen molar-refractivity contribution in [2.45, 2.75) is 0 Å². The number of alkyl halides is 2. The maximum atomic E-state index is 11.1. The van der Waals surface area contributed by atoms with E-state index in [4.69, 9.17) is 28.7 Å². The van der Waals surface area contributed by atoms with Gasteiger partial charge in [0, 0.05) is 29.8 Å². The Morgan fingerprint density at radius 2 is 2.00 bits per heavy atom. The highest BCUT2D eigenvalue weighted by atomic mass is 35.5. The van der Waals surface area contributed by atoms with Crippen molar-refractivity contribution in [3.8, 4) is 0 Å². The molecule has 0 radical (unpaired) electrons. The number of halogens is 2. The molecule has 14 heavy (non-hydrogen) atoms. The first-order valence-electron chi connectivity index (χ1n) is 3.91. The summed E-state index contributed by atoms with van der Waals surface area (Å²) in [5, 5.41) is 4.70.